The van der Waals surface area contributed by atoms with Crippen LogP contribution < -0.4 is 0 Å². The lowest BCUT2D eigenvalue weighted by atomic mass is 9.94. The summed E-state index contributed by atoms with van der Waals surface area (Å²) in [5.74, 6) is -0.824. The van der Waals surface area contributed by atoms with Gasteiger partial charge >= 0.3 is 5.97 Å². The molecular weight excluding hydrogens is 256 g/mol. The first-order valence-electron chi connectivity index (χ1n) is 8.67. The fourth-order valence-corrected chi connectivity index (χ4v) is 2.69. The van der Waals surface area contributed by atoms with Crippen molar-refractivity contribution in [1.29, 1.82) is 0 Å². The average Bonchev–Trinajstić information content (AvgIpc) is 3.18. The summed E-state index contributed by atoms with van der Waals surface area (Å²) in [5.41, 5.74) is 0.716. The third kappa shape index (κ3) is 3.83. The molecule has 0 aliphatic carbocycles. The van der Waals surface area contributed by atoms with Crippen molar-refractivity contribution in [2.45, 2.75) is 76.8 Å². The fourth-order valence-electron chi connectivity index (χ4n) is 2.69. The highest BCUT2D eigenvalue weighted by molar-refractivity contribution is 5.82. The van der Waals surface area contributed by atoms with E-state index in [-0.39, 0.29) is 17.3 Å². The maximum absolute atomic E-state index is 11.4. The molecule has 3 atom stereocenters. The molecule has 0 aromatic heterocycles. The van der Waals surface area contributed by atoms with Gasteiger partial charge in [0, 0.05) is 6.08 Å². The molecule has 2 aliphatic rings. The Morgan fingerprint density at radius 2 is 2.00 bits per heavy atom. The molecule has 0 aromatic rings. The molecule has 0 spiro atoms. The summed E-state index contributed by atoms with van der Waals surface area (Å²) in [6.45, 7) is 8.09. The molecule has 2 rings (SSSR count). The van der Waals surface area contributed by atoms with E-state index in [2.05, 4.69) is 25.5 Å². The minimum Gasteiger partial charge on any atom is -0.466 e. The monoisotopic (exact) mass is 285 g/mol. The van der Waals surface area contributed by atoms with Crippen LogP contribution in [0.1, 0.15) is 57.5 Å². The van der Waals surface area contributed by atoms with Crippen LogP contribution in [-0.4, -0.2) is 36.4 Å². The highest BCUT2D eigenvalue weighted by Crippen LogP contribution is 2.47. The Labute approximate surface area is 125 Å². The van der Waals surface area contributed by atoms with Crippen LogP contribution in [0.5, 0.6) is 0 Å². The number of hydrogen-bond acceptors (Lipinski definition) is 4. The molecule has 4 heteroatoms. The van der Waals surface area contributed by atoms with Gasteiger partial charge in [0.2, 0.25) is 0 Å². The van der Waals surface area contributed by atoms with E-state index in [1.807, 2.05) is 0 Å². The number of allylic oxidation sites excluding steroid dienone is 1. The van der Waals surface area contributed by atoms with E-state index >= 15 is 0 Å². The number of hydrogen-bond donors (Lipinski definition) is 0. The summed E-state index contributed by atoms with van der Waals surface area (Å²) >= 11 is 0. The SMILES string of the molecule is [2H]C([2H])([2H])OC(=O)/C=C(\C)CCC1OC1(C)CCC1OC1(C)C. The Morgan fingerprint density at radius 1 is 1.30 bits per heavy atom. The molecular formula is C16H26O4. The van der Waals surface area contributed by atoms with Crippen molar-refractivity contribution >= 4 is 5.97 Å². The predicted octanol–water partition coefficient (Wildman–Crippen LogP) is 3.00. The van der Waals surface area contributed by atoms with Gasteiger partial charge in [0.15, 0.2) is 0 Å². The smallest absolute Gasteiger partial charge is 0.330 e. The highest BCUT2D eigenvalue weighted by atomic mass is 16.6. The first-order chi connectivity index (χ1) is 10.4. The maximum atomic E-state index is 11.4. The maximum Gasteiger partial charge on any atom is 0.330 e. The lowest BCUT2D eigenvalue weighted by Crippen LogP contribution is -2.13. The minimum atomic E-state index is -2.69. The quantitative estimate of drug-likeness (QED) is 0.410. The number of ether oxygens (including phenoxy) is 3. The van der Waals surface area contributed by atoms with Gasteiger partial charge < -0.3 is 14.2 Å². The second-order valence-corrected chi connectivity index (χ2v) is 6.62. The molecule has 0 aromatic carbocycles. The molecule has 3 unspecified atom stereocenters. The highest BCUT2D eigenvalue weighted by Gasteiger charge is 2.54. The van der Waals surface area contributed by atoms with Crippen molar-refractivity contribution in [3.63, 3.8) is 0 Å². The van der Waals surface area contributed by atoms with Gasteiger partial charge in [0.1, 0.15) is 0 Å². The number of carbonyl (C=O) groups is 1. The molecule has 0 N–H and O–H groups in total. The molecule has 2 saturated heterocycles. The van der Waals surface area contributed by atoms with E-state index < -0.39 is 13.0 Å². The molecule has 2 fully saturated rings. The number of rotatable bonds is 7. The third-order valence-electron chi connectivity index (χ3n) is 4.37. The van der Waals surface area contributed by atoms with Crippen LogP contribution in [-0.2, 0) is 19.0 Å². The van der Waals surface area contributed by atoms with E-state index in [1.54, 1.807) is 6.92 Å². The van der Waals surface area contributed by atoms with E-state index in [0.717, 1.165) is 24.8 Å². The first kappa shape index (κ1) is 11.8. The second kappa shape index (κ2) is 5.49. The number of carbonyl (C=O) groups excluding carboxylic acids is 1. The fraction of sp³-hybridized carbons (Fsp3) is 0.812. The predicted molar refractivity (Wildman–Crippen MR) is 76.5 cm³/mol. The summed E-state index contributed by atoms with van der Waals surface area (Å²) in [7, 11) is -2.69. The Hall–Kier alpha value is -0.870. The Balaban J connectivity index is 1.67. The van der Waals surface area contributed by atoms with Crippen LogP contribution >= 0.6 is 0 Å². The van der Waals surface area contributed by atoms with E-state index in [0.29, 0.717) is 12.5 Å². The Bertz CT molecular complexity index is 498. The molecule has 0 saturated carbocycles. The Kier molecular flexibility index (Phi) is 3.23. The van der Waals surface area contributed by atoms with Crippen molar-refractivity contribution in [2.75, 3.05) is 7.04 Å². The van der Waals surface area contributed by atoms with Crippen LogP contribution in [0.3, 0.4) is 0 Å². The number of epoxide rings is 2. The van der Waals surface area contributed by atoms with Crippen molar-refractivity contribution in [3.05, 3.63) is 11.6 Å². The summed E-state index contributed by atoms with van der Waals surface area (Å²) in [5, 5.41) is 0. The van der Waals surface area contributed by atoms with Crippen molar-refractivity contribution in [3.8, 4) is 0 Å². The van der Waals surface area contributed by atoms with Crippen LogP contribution in [0.25, 0.3) is 0 Å². The minimum absolute atomic E-state index is 0.0171. The van der Waals surface area contributed by atoms with Gasteiger partial charge in [-0.1, -0.05) is 5.57 Å². The molecule has 4 nitrogen and oxygen atoms in total. The van der Waals surface area contributed by atoms with Gasteiger partial charge in [0.25, 0.3) is 0 Å². The normalized spacial score (nSPS) is 37.6. The lowest BCUT2D eigenvalue weighted by Gasteiger charge is -2.05. The van der Waals surface area contributed by atoms with Gasteiger partial charge in [-0.25, -0.2) is 4.79 Å². The third-order valence-corrected chi connectivity index (χ3v) is 4.37. The molecule has 20 heavy (non-hydrogen) atoms. The lowest BCUT2D eigenvalue weighted by molar-refractivity contribution is -0.134. The largest absolute Gasteiger partial charge is 0.466 e. The molecule has 114 valence electrons. The van der Waals surface area contributed by atoms with Crippen LogP contribution in [0.2, 0.25) is 0 Å². The van der Waals surface area contributed by atoms with Gasteiger partial charge in [-0.15, -0.1) is 0 Å². The Morgan fingerprint density at radius 3 is 2.60 bits per heavy atom. The summed E-state index contributed by atoms with van der Waals surface area (Å²) < 4.78 is 36.3. The number of esters is 1. The molecule has 0 amide bonds. The van der Waals surface area contributed by atoms with E-state index in [4.69, 9.17) is 13.6 Å². The standard InChI is InChI=1S/C16H26O4/c1-11(10-14(17)18-5)6-7-13-16(4,20-13)9-8-12-15(2,3)19-12/h10,12-13H,6-9H2,1-5H3/b11-10+/i5D3. The van der Waals surface area contributed by atoms with Gasteiger partial charge in [-0.3, -0.25) is 0 Å². The van der Waals surface area contributed by atoms with Crippen molar-refractivity contribution in [2.24, 2.45) is 0 Å². The summed E-state index contributed by atoms with van der Waals surface area (Å²) in [6.07, 6.45) is 5.23. The summed E-state index contributed by atoms with van der Waals surface area (Å²) in [4.78, 5) is 11.4. The molecule has 2 aliphatic heterocycles. The molecule has 0 radical (unpaired) electrons. The first-order valence-corrected chi connectivity index (χ1v) is 7.17. The van der Waals surface area contributed by atoms with Crippen LogP contribution in [0.4, 0.5) is 0 Å². The topological polar surface area (TPSA) is 51.4 Å². The van der Waals surface area contributed by atoms with Crippen molar-refractivity contribution < 1.29 is 23.1 Å². The number of methoxy groups -OCH3 is 1. The second-order valence-electron chi connectivity index (χ2n) is 6.62. The average molecular weight is 285 g/mol. The van der Waals surface area contributed by atoms with Gasteiger partial charge in [-0.05, 0) is 53.4 Å². The zero-order valence-corrected chi connectivity index (χ0v) is 12.7. The zero-order valence-electron chi connectivity index (χ0n) is 15.7. The van der Waals surface area contributed by atoms with Crippen LogP contribution in [0, 0.1) is 0 Å². The van der Waals surface area contributed by atoms with Crippen molar-refractivity contribution in [1.82, 2.24) is 0 Å². The summed E-state index contributed by atoms with van der Waals surface area (Å²) in [6, 6.07) is 0. The molecule has 0 bridgehead atoms. The van der Waals surface area contributed by atoms with E-state index in [1.165, 1.54) is 6.08 Å². The van der Waals surface area contributed by atoms with Crippen LogP contribution in [0.15, 0.2) is 11.6 Å². The molecule has 2 heterocycles. The van der Waals surface area contributed by atoms with Gasteiger partial charge in [-0.2, -0.15) is 0 Å². The zero-order chi connectivity index (χ0) is 17.5. The van der Waals surface area contributed by atoms with Gasteiger partial charge in [0.05, 0.1) is 34.6 Å². The van der Waals surface area contributed by atoms with E-state index in [9.17, 15) is 4.79 Å².